The van der Waals surface area contributed by atoms with E-state index in [-0.39, 0.29) is 0 Å². The number of benzene rings is 1. The number of nitrogens with zero attached hydrogens (tertiary/aromatic N) is 2. The second-order valence-corrected chi connectivity index (χ2v) is 4.68. The molecule has 0 saturated heterocycles. The molecule has 0 N–H and O–H groups in total. The molecule has 0 bridgehead atoms. The molecule has 0 amide bonds. The molecule has 0 atom stereocenters. The summed E-state index contributed by atoms with van der Waals surface area (Å²) in [4.78, 5) is 10.1. The number of rotatable bonds is 1. The maximum absolute atomic E-state index is 4.58. The van der Waals surface area contributed by atoms with E-state index in [1.54, 1.807) is 11.3 Å². The molecule has 3 heteroatoms. The molecule has 16 heavy (non-hydrogen) atoms. The predicted octanol–water partition coefficient (Wildman–Crippen LogP) is 3.67. The first kappa shape index (κ1) is 9.48. The van der Waals surface area contributed by atoms with Crippen molar-refractivity contribution in [3.8, 4) is 10.7 Å². The molecule has 3 rings (SSSR count). The SMILES string of the molecule is Cc1ccc2cnc(-c3cccs3)nc2c1. The molecule has 78 valence electrons. The summed E-state index contributed by atoms with van der Waals surface area (Å²) >= 11 is 1.66. The maximum Gasteiger partial charge on any atom is 0.169 e. The van der Waals surface area contributed by atoms with Crippen molar-refractivity contribution in [2.45, 2.75) is 6.92 Å². The Kier molecular flexibility index (Phi) is 2.18. The van der Waals surface area contributed by atoms with Crippen molar-refractivity contribution in [2.75, 3.05) is 0 Å². The third kappa shape index (κ3) is 1.59. The molecule has 0 radical (unpaired) electrons. The van der Waals surface area contributed by atoms with Crippen molar-refractivity contribution >= 4 is 22.2 Å². The second kappa shape index (κ2) is 3.68. The van der Waals surface area contributed by atoms with Gasteiger partial charge in [0.25, 0.3) is 0 Å². The van der Waals surface area contributed by atoms with E-state index in [1.165, 1.54) is 5.56 Å². The van der Waals surface area contributed by atoms with Gasteiger partial charge in [-0.05, 0) is 30.0 Å². The summed E-state index contributed by atoms with van der Waals surface area (Å²) in [7, 11) is 0. The van der Waals surface area contributed by atoms with Gasteiger partial charge in [-0.25, -0.2) is 9.97 Å². The molecule has 0 aliphatic carbocycles. The lowest BCUT2D eigenvalue weighted by molar-refractivity contribution is 1.24. The average molecular weight is 226 g/mol. The fraction of sp³-hybridized carbons (Fsp3) is 0.0769. The van der Waals surface area contributed by atoms with Crippen molar-refractivity contribution in [1.29, 1.82) is 0 Å². The highest BCUT2D eigenvalue weighted by Gasteiger charge is 2.03. The smallest absolute Gasteiger partial charge is 0.169 e. The number of hydrogen-bond donors (Lipinski definition) is 0. The first-order valence-corrected chi connectivity index (χ1v) is 5.98. The summed E-state index contributed by atoms with van der Waals surface area (Å²) in [6.45, 7) is 2.08. The van der Waals surface area contributed by atoms with E-state index >= 15 is 0 Å². The van der Waals surface area contributed by atoms with E-state index in [4.69, 9.17) is 0 Å². The summed E-state index contributed by atoms with van der Waals surface area (Å²) in [5, 5.41) is 3.13. The van der Waals surface area contributed by atoms with Gasteiger partial charge in [0, 0.05) is 11.6 Å². The lowest BCUT2D eigenvalue weighted by Crippen LogP contribution is -1.88. The Hall–Kier alpha value is -1.74. The Bertz CT molecular complexity index is 629. The van der Waals surface area contributed by atoms with E-state index in [2.05, 4.69) is 35.1 Å². The molecule has 0 unspecified atom stereocenters. The van der Waals surface area contributed by atoms with Gasteiger partial charge in [-0.3, -0.25) is 0 Å². The van der Waals surface area contributed by atoms with Gasteiger partial charge in [-0.15, -0.1) is 11.3 Å². The van der Waals surface area contributed by atoms with Crippen molar-refractivity contribution in [3.05, 3.63) is 47.5 Å². The van der Waals surface area contributed by atoms with Crippen molar-refractivity contribution < 1.29 is 0 Å². The van der Waals surface area contributed by atoms with Gasteiger partial charge in [0.1, 0.15) is 0 Å². The van der Waals surface area contributed by atoms with Crippen LogP contribution in [0.3, 0.4) is 0 Å². The van der Waals surface area contributed by atoms with Gasteiger partial charge in [0.05, 0.1) is 10.4 Å². The Morgan fingerprint density at radius 2 is 2.12 bits per heavy atom. The fourth-order valence-electron chi connectivity index (χ4n) is 1.66. The van der Waals surface area contributed by atoms with Crippen LogP contribution in [-0.2, 0) is 0 Å². The van der Waals surface area contributed by atoms with E-state index in [9.17, 15) is 0 Å². The molecule has 0 saturated carbocycles. The highest BCUT2D eigenvalue weighted by Crippen LogP contribution is 2.22. The van der Waals surface area contributed by atoms with Gasteiger partial charge < -0.3 is 0 Å². The summed E-state index contributed by atoms with van der Waals surface area (Å²) in [6, 6.07) is 10.3. The first-order chi connectivity index (χ1) is 7.83. The zero-order chi connectivity index (χ0) is 11.0. The molecule has 2 nitrogen and oxygen atoms in total. The second-order valence-electron chi connectivity index (χ2n) is 3.73. The lowest BCUT2D eigenvalue weighted by Gasteiger charge is -2.00. The van der Waals surface area contributed by atoms with E-state index in [0.717, 1.165) is 21.6 Å². The van der Waals surface area contributed by atoms with Crippen LogP contribution in [0.15, 0.2) is 41.9 Å². The van der Waals surface area contributed by atoms with Crippen molar-refractivity contribution in [3.63, 3.8) is 0 Å². The highest BCUT2D eigenvalue weighted by atomic mass is 32.1. The van der Waals surface area contributed by atoms with Crippen LogP contribution in [0.1, 0.15) is 5.56 Å². The maximum atomic E-state index is 4.58. The number of aromatic nitrogens is 2. The summed E-state index contributed by atoms with van der Waals surface area (Å²) in [5.41, 5.74) is 2.24. The number of fused-ring (bicyclic) bond motifs is 1. The van der Waals surface area contributed by atoms with Gasteiger partial charge in [0.15, 0.2) is 5.82 Å². The largest absolute Gasteiger partial charge is 0.235 e. The molecular formula is C13H10N2S. The summed E-state index contributed by atoms with van der Waals surface area (Å²) < 4.78 is 0. The Morgan fingerprint density at radius 1 is 1.19 bits per heavy atom. The third-order valence-corrected chi connectivity index (χ3v) is 3.35. The highest BCUT2D eigenvalue weighted by molar-refractivity contribution is 7.13. The van der Waals surface area contributed by atoms with Crippen LogP contribution in [0, 0.1) is 6.92 Å². The standard InChI is InChI=1S/C13H10N2S/c1-9-4-5-10-8-14-13(15-11(10)7-9)12-3-2-6-16-12/h2-8H,1H3. The van der Waals surface area contributed by atoms with E-state index in [0.29, 0.717) is 0 Å². The molecule has 1 aromatic carbocycles. The first-order valence-electron chi connectivity index (χ1n) is 5.10. The fourth-order valence-corrected chi connectivity index (χ4v) is 2.32. The number of aryl methyl sites for hydroxylation is 1. The zero-order valence-electron chi connectivity index (χ0n) is 8.84. The molecule has 0 spiro atoms. The minimum absolute atomic E-state index is 0.813. The van der Waals surface area contributed by atoms with Crippen LogP contribution in [-0.4, -0.2) is 9.97 Å². The van der Waals surface area contributed by atoms with E-state index < -0.39 is 0 Å². The minimum Gasteiger partial charge on any atom is -0.235 e. The minimum atomic E-state index is 0.813. The molecule has 0 aliphatic rings. The number of hydrogen-bond acceptors (Lipinski definition) is 3. The topological polar surface area (TPSA) is 25.8 Å². The van der Waals surface area contributed by atoms with Crippen LogP contribution < -0.4 is 0 Å². The van der Waals surface area contributed by atoms with Gasteiger partial charge in [-0.2, -0.15) is 0 Å². The van der Waals surface area contributed by atoms with Crippen molar-refractivity contribution in [2.24, 2.45) is 0 Å². The Labute approximate surface area is 97.6 Å². The monoisotopic (exact) mass is 226 g/mol. The van der Waals surface area contributed by atoms with Crippen LogP contribution in [0.2, 0.25) is 0 Å². The predicted molar refractivity (Wildman–Crippen MR) is 67.6 cm³/mol. The molecule has 2 heterocycles. The molecule has 2 aromatic heterocycles. The van der Waals surface area contributed by atoms with Gasteiger partial charge in [-0.1, -0.05) is 18.2 Å². The Morgan fingerprint density at radius 3 is 2.94 bits per heavy atom. The van der Waals surface area contributed by atoms with Crippen LogP contribution in [0.4, 0.5) is 0 Å². The van der Waals surface area contributed by atoms with E-state index in [1.807, 2.05) is 23.7 Å². The lowest BCUT2D eigenvalue weighted by atomic mass is 10.2. The van der Waals surface area contributed by atoms with Crippen LogP contribution >= 0.6 is 11.3 Å². The quantitative estimate of drug-likeness (QED) is 0.632. The van der Waals surface area contributed by atoms with Crippen molar-refractivity contribution in [1.82, 2.24) is 9.97 Å². The third-order valence-electron chi connectivity index (χ3n) is 2.48. The molecule has 0 aliphatic heterocycles. The van der Waals surface area contributed by atoms with Crippen LogP contribution in [0.25, 0.3) is 21.6 Å². The van der Waals surface area contributed by atoms with Crippen LogP contribution in [0.5, 0.6) is 0 Å². The number of thiophene rings is 1. The van der Waals surface area contributed by atoms with Gasteiger partial charge in [0.2, 0.25) is 0 Å². The molecule has 3 aromatic rings. The normalized spacial score (nSPS) is 10.8. The summed E-state index contributed by atoms with van der Waals surface area (Å²) in [5.74, 6) is 0.813. The molecular weight excluding hydrogens is 216 g/mol. The van der Waals surface area contributed by atoms with Gasteiger partial charge >= 0.3 is 0 Å². The zero-order valence-corrected chi connectivity index (χ0v) is 9.66. The Balaban J connectivity index is 2.22. The summed E-state index contributed by atoms with van der Waals surface area (Å²) in [6.07, 6.45) is 1.89. The molecule has 0 fully saturated rings. The average Bonchev–Trinajstić information content (AvgIpc) is 2.81.